The normalized spacial score (nSPS) is 18.9. The van der Waals surface area contributed by atoms with Gasteiger partial charge in [-0.25, -0.2) is 4.39 Å². The number of nitrogens with zero attached hydrogens (tertiary/aromatic N) is 3. The molecule has 0 radical (unpaired) electrons. The van der Waals surface area contributed by atoms with Gasteiger partial charge in [0.25, 0.3) is 0 Å². The molecule has 1 unspecified atom stereocenters. The van der Waals surface area contributed by atoms with Gasteiger partial charge >= 0.3 is 0 Å². The lowest BCUT2D eigenvalue weighted by Crippen LogP contribution is -2.40. The molecule has 1 aliphatic rings. The minimum Gasteiger partial charge on any atom is -0.308 e. The molecule has 4 nitrogen and oxygen atoms in total. The zero-order chi connectivity index (χ0) is 14.3. The molecule has 0 aliphatic carbocycles. The van der Waals surface area contributed by atoms with Crippen molar-refractivity contribution in [2.75, 3.05) is 6.54 Å². The molecule has 0 fully saturated rings. The molecular formula is C15H19FN4. The van der Waals surface area contributed by atoms with Gasteiger partial charge in [0.15, 0.2) is 11.6 Å². The van der Waals surface area contributed by atoms with Gasteiger partial charge < -0.3 is 9.88 Å². The van der Waals surface area contributed by atoms with Crippen LogP contribution in [0, 0.1) is 11.2 Å². The fraction of sp³-hybridized carbons (Fsp3) is 0.467. The van der Waals surface area contributed by atoms with Gasteiger partial charge in [-0.3, -0.25) is 0 Å². The fourth-order valence-electron chi connectivity index (χ4n) is 2.70. The molecule has 106 valence electrons. The van der Waals surface area contributed by atoms with Crippen molar-refractivity contribution < 1.29 is 4.39 Å². The number of nitrogens with one attached hydrogen (secondary N) is 1. The van der Waals surface area contributed by atoms with Crippen LogP contribution in [-0.4, -0.2) is 21.3 Å². The average Bonchev–Trinajstić information content (AvgIpc) is 2.81. The van der Waals surface area contributed by atoms with E-state index < -0.39 is 0 Å². The first-order valence-corrected chi connectivity index (χ1v) is 6.90. The maximum atomic E-state index is 14.0. The smallest absolute Gasteiger partial charge is 0.167 e. The topological polar surface area (TPSA) is 42.7 Å². The van der Waals surface area contributed by atoms with Crippen molar-refractivity contribution in [2.24, 2.45) is 5.41 Å². The van der Waals surface area contributed by atoms with Gasteiger partial charge in [0.1, 0.15) is 5.82 Å². The van der Waals surface area contributed by atoms with E-state index in [0.717, 1.165) is 18.9 Å². The van der Waals surface area contributed by atoms with E-state index in [1.54, 1.807) is 12.1 Å². The Kier molecular flexibility index (Phi) is 3.09. The lowest BCUT2D eigenvalue weighted by molar-refractivity contribution is 0.234. The summed E-state index contributed by atoms with van der Waals surface area (Å²) >= 11 is 0. The summed E-state index contributed by atoms with van der Waals surface area (Å²) in [6.45, 7) is 8.10. The molecule has 0 saturated heterocycles. The molecule has 1 aromatic heterocycles. The van der Waals surface area contributed by atoms with Crippen molar-refractivity contribution >= 4 is 0 Å². The summed E-state index contributed by atoms with van der Waals surface area (Å²) < 4.78 is 16.0. The summed E-state index contributed by atoms with van der Waals surface area (Å²) in [5.74, 6) is 1.25. The summed E-state index contributed by atoms with van der Waals surface area (Å²) in [4.78, 5) is 0. The van der Waals surface area contributed by atoms with Crippen molar-refractivity contribution in [2.45, 2.75) is 33.4 Å². The number of rotatable bonds is 1. The molecule has 0 saturated carbocycles. The van der Waals surface area contributed by atoms with Crippen LogP contribution in [0.3, 0.4) is 0 Å². The van der Waals surface area contributed by atoms with Crippen molar-refractivity contribution in [3.63, 3.8) is 0 Å². The molecule has 2 aromatic rings. The van der Waals surface area contributed by atoms with Gasteiger partial charge in [-0.05, 0) is 17.5 Å². The number of hydrogen-bond acceptors (Lipinski definition) is 3. The molecule has 0 amide bonds. The first-order chi connectivity index (χ1) is 9.48. The third kappa shape index (κ3) is 2.12. The molecule has 1 atom stereocenters. The van der Waals surface area contributed by atoms with Crippen LogP contribution in [0.1, 0.15) is 32.6 Å². The third-order valence-corrected chi connectivity index (χ3v) is 3.70. The van der Waals surface area contributed by atoms with E-state index in [1.807, 2.05) is 10.6 Å². The van der Waals surface area contributed by atoms with Crippen LogP contribution in [-0.2, 0) is 6.54 Å². The van der Waals surface area contributed by atoms with Gasteiger partial charge in [0.2, 0.25) is 0 Å². The number of hydrogen-bond donors (Lipinski definition) is 1. The third-order valence-electron chi connectivity index (χ3n) is 3.70. The highest BCUT2D eigenvalue weighted by atomic mass is 19.1. The largest absolute Gasteiger partial charge is 0.308 e. The van der Waals surface area contributed by atoms with Crippen LogP contribution < -0.4 is 5.32 Å². The Morgan fingerprint density at radius 2 is 2.00 bits per heavy atom. The van der Waals surface area contributed by atoms with Crippen molar-refractivity contribution in [1.82, 2.24) is 20.1 Å². The monoisotopic (exact) mass is 274 g/mol. The second-order valence-corrected chi connectivity index (χ2v) is 6.27. The Balaban J connectivity index is 2.10. The minimum absolute atomic E-state index is 0.0394. The molecule has 0 spiro atoms. The molecule has 2 heterocycles. The standard InChI is InChI=1S/C15H19FN4/c1-15(2,3)12-14-19-18-13(20(14)9-8-17-12)10-6-4-5-7-11(10)16/h4-7,12,17H,8-9H2,1-3H3. The number of fused-ring (bicyclic) bond motifs is 1. The lowest BCUT2D eigenvalue weighted by Gasteiger charge is -2.34. The zero-order valence-electron chi connectivity index (χ0n) is 12.0. The molecule has 0 bridgehead atoms. The summed E-state index contributed by atoms with van der Waals surface area (Å²) in [5, 5.41) is 12.0. The number of halogens is 1. The summed E-state index contributed by atoms with van der Waals surface area (Å²) in [5.41, 5.74) is 0.554. The Morgan fingerprint density at radius 1 is 1.25 bits per heavy atom. The van der Waals surface area contributed by atoms with Crippen LogP contribution in [0.15, 0.2) is 24.3 Å². The Bertz CT molecular complexity index is 627. The van der Waals surface area contributed by atoms with E-state index >= 15 is 0 Å². The first-order valence-electron chi connectivity index (χ1n) is 6.90. The maximum Gasteiger partial charge on any atom is 0.167 e. The SMILES string of the molecule is CC(C)(C)C1NCCn2c(-c3ccccc3F)nnc21. The van der Waals surface area contributed by atoms with E-state index in [2.05, 4.69) is 36.3 Å². The first kappa shape index (κ1) is 13.2. The molecule has 1 aromatic carbocycles. The van der Waals surface area contributed by atoms with Crippen molar-refractivity contribution in [1.29, 1.82) is 0 Å². The number of benzene rings is 1. The quantitative estimate of drug-likeness (QED) is 0.869. The zero-order valence-corrected chi connectivity index (χ0v) is 12.0. The van der Waals surface area contributed by atoms with Crippen LogP contribution in [0.25, 0.3) is 11.4 Å². The molecule has 1 aliphatic heterocycles. The molecule has 5 heteroatoms. The molecular weight excluding hydrogens is 255 g/mol. The highest BCUT2D eigenvalue weighted by Gasteiger charge is 2.34. The van der Waals surface area contributed by atoms with E-state index in [9.17, 15) is 4.39 Å². The van der Waals surface area contributed by atoms with Crippen molar-refractivity contribution in [3.8, 4) is 11.4 Å². The van der Waals surface area contributed by atoms with Gasteiger partial charge in [-0.2, -0.15) is 0 Å². The number of aromatic nitrogens is 3. The Hall–Kier alpha value is -1.75. The lowest BCUT2D eigenvalue weighted by atomic mass is 9.85. The van der Waals surface area contributed by atoms with Crippen LogP contribution in [0.2, 0.25) is 0 Å². The molecule has 20 heavy (non-hydrogen) atoms. The van der Waals surface area contributed by atoms with Crippen LogP contribution in [0.5, 0.6) is 0 Å². The van der Waals surface area contributed by atoms with Gasteiger partial charge in [0.05, 0.1) is 11.6 Å². The summed E-state index contributed by atoms with van der Waals surface area (Å²) in [7, 11) is 0. The molecule has 3 rings (SSSR count). The van der Waals surface area contributed by atoms with Crippen LogP contribution in [0.4, 0.5) is 4.39 Å². The van der Waals surface area contributed by atoms with E-state index in [1.165, 1.54) is 6.07 Å². The van der Waals surface area contributed by atoms with E-state index in [0.29, 0.717) is 11.4 Å². The van der Waals surface area contributed by atoms with Crippen molar-refractivity contribution in [3.05, 3.63) is 35.9 Å². The summed E-state index contributed by atoms with van der Waals surface area (Å²) in [6.07, 6.45) is 0. The Morgan fingerprint density at radius 3 is 2.70 bits per heavy atom. The van der Waals surface area contributed by atoms with E-state index in [-0.39, 0.29) is 17.3 Å². The highest BCUT2D eigenvalue weighted by molar-refractivity contribution is 5.56. The Labute approximate surface area is 118 Å². The highest BCUT2D eigenvalue weighted by Crippen LogP contribution is 2.35. The second kappa shape index (κ2) is 4.66. The fourth-order valence-corrected chi connectivity index (χ4v) is 2.70. The van der Waals surface area contributed by atoms with Gasteiger partial charge in [-0.1, -0.05) is 32.9 Å². The predicted molar refractivity (Wildman–Crippen MR) is 75.6 cm³/mol. The van der Waals surface area contributed by atoms with Crippen LogP contribution >= 0.6 is 0 Å². The minimum atomic E-state index is -0.256. The summed E-state index contributed by atoms with van der Waals surface area (Å²) in [6, 6.07) is 6.85. The van der Waals surface area contributed by atoms with E-state index in [4.69, 9.17) is 0 Å². The van der Waals surface area contributed by atoms with Gasteiger partial charge in [0, 0.05) is 13.1 Å². The van der Waals surface area contributed by atoms with Gasteiger partial charge in [-0.15, -0.1) is 10.2 Å². The predicted octanol–water partition coefficient (Wildman–Crippen LogP) is 2.77. The maximum absolute atomic E-state index is 14.0. The molecule has 1 N–H and O–H groups in total. The average molecular weight is 274 g/mol. The second-order valence-electron chi connectivity index (χ2n) is 6.27.